The van der Waals surface area contributed by atoms with Crippen LogP contribution in [0.3, 0.4) is 0 Å². The minimum absolute atomic E-state index is 0.0425. The summed E-state index contributed by atoms with van der Waals surface area (Å²) in [5.41, 5.74) is 0.665. The van der Waals surface area contributed by atoms with Crippen LogP contribution in [0, 0.1) is 10.8 Å². The molecule has 0 spiro atoms. The van der Waals surface area contributed by atoms with Crippen LogP contribution in [0.1, 0.15) is 129 Å². The number of carbonyl (C=O) groups is 8. The number of aliphatic hydroxyl groups excluding tert-OH is 1. The van der Waals surface area contributed by atoms with E-state index in [1.165, 1.54) is 120 Å². The van der Waals surface area contributed by atoms with E-state index in [1.807, 2.05) is 48.5 Å². The molecule has 1 N–H and O–H groups in total. The summed E-state index contributed by atoms with van der Waals surface area (Å²) in [5.74, 6) is -5.16. The molecule has 0 amide bonds. The first-order chi connectivity index (χ1) is 41.0. The highest BCUT2D eigenvalue weighted by Crippen LogP contribution is 2.25. The second-order valence-electron chi connectivity index (χ2n) is 23.4. The molecule has 2 aromatic rings. The Morgan fingerprint density at radius 1 is 0.437 bits per heavy atom. The highest BCUT2D eigenvalue weighted by Gasteiger charge is 2.41. The van der Waals surface area contributed by atoms with Gasteiger partial charge in [-0.1, -0.05) is 88.1 Å². The van der Waals surface area contributed by atoms with Crippen LogP contribution in [-0.2, 0) is 117 Å². The van der Waals surface area contributed by atoms with E-state index in [0.717, 1.165) is 51.8 Å². The molecule has 87 heavy (non-hydrogen) atoms. The average Bonchev–Trinajstić information content (AvgIpc) is 3.54. The number of hydrogen-bond donors (Lipinski definition) is 1. The third-order valence-electron chi connectivity index (χ3n) is 13.6. The van der Waals surface area contributed by atoms with Crippen molar-refractivity contribution in [2.24, 2.45) is 10.8 Å². The summed E-state index contributed by atoms with van der Waals surface area (Å²) in [6.07, 6.45) is 2.79. The molecular weight excluding hydrogens is 1140 g/mol. The number of nitrogens with zero attached hydrogens (tertiary/aromatic N) is 2. The van der Waals surface area contributed by atoms with E-state index in [9.17, 15) is 43.5 Å². The van der Waals surface area contributed by atoms with Crippen molar-refractivity contribution in [3.8, 4) is 0 Å². The maximum atomic E-state index is 13.2. The summed E-state index contributed by atoms with van der Waals surface area (Å²) < 4.78 is 67.7. The molecule has 0 radical (unpaired) electrons. The number of carbonyl (C=O) groups excluding carboxylic acids is 8. The summed E-state index contributed by atoms with van der Waals surface area (Å²) in [4.78, 5) is 98.9. The molecule has 2 rings (SSSR count). The zero-order valence-electron chi connectivity index (χ0n) is 54.4. The number of esters is 6. The van der Waals surface area contributed by atoms with Crippen molar-refractivity contribution in [1.82, 2.24) is 0 Å². The van der Waals surface area contributed by atoms with Crippen molar-refractivity contribution in [3.05, 3.63) is 70.8 Å². The van der Waals surface area contributed by atoms with Gasteiger partial charge in [-0.25, -0.2) is 28.8 Å². The third-order valence-corrected chi connectivity index (χ3v) is 13.6. The quantitative estimate of drug-likeness (QED) is 0.0288. The van der Waals surface area contributed by atoms with Crippen LogP contribution in [0.5, 0.6) is 0 Å². The zero-order valence-corrected chi connectivity index (χ0v) is 54.4. The zero-order chi connectivity index (χ0) is 65.6. The number of hydrogen-bond acceptors (Lipinski definition) is 22. The van der Waals surface area contributed by atoms with Crippen molar-refractivity contribution in [2.75, 3.05) is 115 Å². The van der Waals surface area contributed by atoms with Crippen LogP contribution in [0.15, 0.2) is 48.5 Å². The molecule has 0 saturated heterocycles. The van der Waals surface area contributed by atoms with Gasteiger partial charge in [-0.05, 0) is 78.4 Å². The van der Waals surface area contributed by atoms with Crippen LogP contribution in [0.25, 0.3) is 0 Å². The molecule has 2 aromatic carbocycles. The summed E-state index contributed by atoms with van der Waals surface area (Å²) >= 11 is 0. The molecule has 0 saturated carbocycles. The van der Waals surface area contributed by atoms with Gasteiger partial charge in [0, 0.05) is 32.5 Å². The van der Waals surface area contributed by atoms with Crippen molar-refractivity contribution in [1.29, 1.82) is 0 Å². The van der Waals surface area contributed by atoms with E-state index < -0.39 is 110 Å². The summed E-state index contributed by atoms with van der Waals surface area (Å²) in [6, 6.07) is 15.6. The Bertz CT molecular complexity index is 2360. The van der Waals surface area contributed by atoms with Gasteiger partial charge in [0.15, 0.2) is 18.3 Å². The third kappa shape index (κ3) is 33.5. The predicted octanol–water partition coefficient (Wildman–Crippen LogP) is 7.75. The Morgan fingerprint density at radius 3 is 1.11 bits per heavy atom. The number of benzene rings is 2. The molecule has 6 atom stereocenters. The highest BCUT2D eigenvalue weighted by molar-refractivity contribution is 5.83. The largest absolute Gasteiger partial charge is 0.508 e. The van der Waals surface area contributed by atoms with E-state index in [1.54, 1.807) is 0 Å². The molecule has 0 heterocycles. The molecule has 0 aliphatic heterocycles. The van der Waals surface area contributed by atoms with Crippen LogP contribution in [0.4, 0.5) is 9.59 Å². The predicted molar refractivity (Wildman–Crippen MR) is 318 cm³/mol. The Balaban J connectivity index is 0.000000870. The smallest absolute Gasteiger partial charge is 0.462 e. The fourth-order valence-corrected chi connectivity index (χ4v) is 7.89. The maximum Gasteiger partial charge on any atom is 0.508 e. The monoisotopic (exact) mass is 1240 g/mol. The van der Waals surface area contributed by atoms with Crippen molar-refractivity contribution in [2.45, 2.75) is 157 Å². The van der Waals surface area contributed by atoms with Crippen molar-refractivity contribution in [3.63, 3.8) is 0 Å². The molecule has 2 unspecified atom stereocenters. The number of unbranched alkanes of at least 4 members (excludes halogenated alkanes) is 6. The van der Waals surface area contributed by atoms with E-state index >= 15 is 0 Å². The van der Waals surface area contributed by atoms with Gasteiger partial charge in [0.2, 0.25) is 0 Å². The fourth-order valence-electron chi connectivity index (χ4n) is 7.89. The summed E-state index contributed by atoms with van der Waals surface area (Å²) in [5, 5.41) is 9.29. The number of rotatable bonds is 41. The van der Waals surface area contributed by atoms with Gasteiger partial charge in [-0.3, -0.25) is 9.59 Å². The molecule has 0 bridgehead atoms. The van der Waals surface area contributed by atoms with Crippen LogP contribution in [0.2, 0.25) is 0 Å². The van der Waals surface area contributed by atoms with Gasteiger partial charge < -0.3 is 75.7 Å². The van der Waals surface area contributed by atoms with Crippen LogP contribution >= 0.6 is 0 Å². The minimum Gasteiger partial charge on any atom is -0.462 e. The van der Waals surface area contributed by atoms with Crippen molar-refractivity contribution < 1.29 is 114 Å². The average molecular weight is 1240 g/mol. The first-order valence-electron chi connectivity index (χ1n) is 29.7. The molecule has 0 aliphatic rings. The summed E-state index contributed by atoms with van der Waals surface area (Å²) in [6.45, 7) is 14.5. The number of methoxy groups -OCH3 is 3. The summed E-state index contributed by atoms with van der Waals surface area (Å²) in [7, 11) is 13.1. The second-order valence-corrected chi connectivity index (χ2v) is 23.4. The van der Waals surface area contributed by atoms with Gasteiger partial charge in [-0.15, -0.1) is 0 Å². The highest BCUT2D eigenvalue weighted by atomic mass is 16.7. The molecule has 0 aromatic heterocycles. The fraction of sp³-hybridized carbons (Fsp3) is 0.683. The van der Waals surface area contributed by atoms with Gasteiger partial charge in [0.05, 0.1) is 54.5 Å². The number of quaternary nitrogens is 2. The van der Waals surface area contributed by atoms with Crippen LogP contribution in [-0.4, -0.2) is 202 Å². The van der Waals surface area contributed by atoms with Gasteiger partial charge in [-0.2, -0.15) is 0 Å². The molecule has 24 heteroatoms. The molecule has 0 fully saturated rings. The van der Waals surface area contributed by atoms with E-state index in [4.69, 9.17) is 61.6 Å². The Kier molecular flexibility index (Phi) is 37.6. The molecular formula is C63H102N2O22+2. The molecule has 0 aliphatic carbocycles. The van der Waals surface area contributed by atoms with Gasteiger partial charge in [0.25, 0.3) is 0 Å². The van der Waals surface area contributed by atoms with Gasteiger partial charge >= 0.3 is 48.1 Å². The lowest BCUT2D eigenvalue weighted by Gasteiger charge is -2.30. The first kappa shape index (κ1) is 78.6. The second kappa shape index (κ2) is 41.7. The Morgan fingerprint density at radius 2 is 0.782 bits per heavy atom. The first-order valence-corrected chi connectivity index (χ1v) is 29.7. The lowest BCUT2D eigenvalue weighted by molar-refractivity contribution is -0.903. The Labute approximate surface area is 515 Å². The van der Waals surface area contributed by atoms with Crippen molar-refractivity contribution >= 4 is 48.1 Å². The standard InChI is InChI=1S/C32H52NO11.C31H50NO11/c1-9-10-11-12-17-33(5,6)20-26-13-15-27(16-14-26)21-41-30(36)32(4,23-43-31(37)40-19-18-38-7)22-42-28(34)25(3)44-29(35)24(2)39-8;1-8-9-10-11-16-32(5,6)19-25-12-14-26(15-13-25)20-40-29(36)31(4,22-42-30(37)39-18-17-38-7)21-41-28(35)24(3)43-27(34)23(2)33/h13-16,24-25H,9-12,17-23H2,1-8H3;12-15,23-24,33H,8-11,16-22H2,1-7H3/q2*+1/t24-,25-,32?;23-,24-,31?/m01/s1. The Hall–Kier alpha value is -6.44. The molecule has 494 valence electrons. The topological polar surface area (TPSA) is 277 Å². The van der Waals surface area contributed by atoms with E-state index in [-0.39, 0.29) is 39.6 Å². The lowest BCUT2D eigenvalue weighted by Crippen LogP contribution is -2.42. The lowest BCUT2D eigenvalue weighted by atomic mass is 9.93. The number of aliphatic hydroxyl groups is 1. The number of ether oxygens (including phenoxy) is 13. The van der Waals surface area contributed by atoms with E-state index in [0.29, 0.717) is 0 Å². The van der Waals surface area contributed by atoms with Crippen LogP contribution < -0.4 is 0 Å². The maximum absolute atomic E-state index is 13.2. The minimum atomic E-state index is -1.61. The van der Waals surface area contributed by atoms with E-state index in [2.05, 4.69) is 42.0 Å². The van der Waals surface area contributed by atoms with Gasteiger partial charge in [0.1, 0.15) is 82.9 Å². The molecule has 24 nitrogen and oxygen atoms in total. The normalized spacial score (nSPS) is 14.1. The SMILES string of the molecule is CCCCCC[N+](C)(C)Cc1ccc(COC(=O)C(C)(COC(=O)OCCOC)COC(=O)[C@@H](C)OC(=O)[C@@H](C)O)cc1.CCCCCC[N+](C)(C)Cc1ccc(COC(=O)C(C)(COC(=O)OCCOC)COC(=O)[C@H](C)OC(=O)[C@H](C)OC)cc1.